The molecule has 82 valence electrons. The van der Waals surface area contributed by atoms with Crippen LogP contribution in [-0.4, -0.2) is 18.6 Å². The zero-order chi connectivity index (χ0) is 11.3. The first-order valence-electron chi connectivity index (χ1n) is 5.14. The molecule has 1 aromatic rings. The van der Waals surface area contributed by atoms with Gasteiger partial charge >= 0.3 is 0 Å². The lowest BCUT2D eigenvalue weighted by Crippen LogP contribution is -2.36. The summed E-state index contributed by atoms with van der Waals surface area (Å²) >= 11 is 0. The number of nitrogens with one attached hydrogen (secondary N) is 1. The van der Waals surface area contributed by atoms with Gasteiger partial charge in [-0.25, -0.2) is 0 Å². The minimum absolute atomic E-state index is 0.0851. The van der Waals surface area contributed by atoms with Crippen LogP contribution in [0.1, 0.15) is 19.4 Å². The molecule has 0 aromatic heterocycles. The fourth-order valence-electron chi connectivity index (χ4n) is 1.19. The number of ether oxygens (including phenoxy) is 1. The van der Waals surface area contributed by atoms with Crippen LogP contribution in [0.4, 0.5) is 0 Å². The van der Waals surface area contributed by atoms with Crippen molar-refractivity contribution in [3.63, 3.8) is 0 Å². The fraction of sp³-hybridized carbons (Fsp3) is 0.417. The Balaban J connectivity index is 2.54. The van der Waals surface area contributed by atoms with Crippen LogP contribution in [0.15, 0.2) is 24.3 Å². The lowest BCUT2D eigenvalue weighted by atomic mass is 10.2. The van der Waals surface area contributed by atoms with Gasteiger partial charge in [-0.3, -0.25) is 4.79 Å². The zero-order valence-electron chi connectivity index (χ0n) is 9.41. The molecular weight excluding hydrogens is 190 g/mol. The molecule has 1 aromatic carbocycles. The van der Waals surface area contributed by atoms with Gasteiger partial charge in [-0.2, -0.15) is 0 Å². The van der Waals surface area contributed by atoms with Gasteiger partial charge < -0.3 is 10.1 Å². The van der Waals surface area contributed by atoms with Crippen LogP contribution in [-0.2, 0) is 4.79 Å². The molecule has 0 spiro atoms. The summed E-state index contributed by atoms with van der Waals surface area (Å²) in [7, 11) is 0. The lowest BCUT2D eigenvalue weighted by Gasteiger charge is -2.13. The molecule has 1 atom stereocenters. The highest BCUT2D eigenvalue weighted by Crippen LogP contribution is 2.13. The van der Waals surface area contributed by atoms with Crippen molar-refractivity contribution < 1.29 is 9.53 Å². The molecule has 0 saturated heterocycles. The summed E-state index contributed by atoms with van der Waals surface area (Å²) in [6.07, 6.45) is -0.451. The first kappa shape index (κ1) is 11.6. The normalized spacial score (nSPS) is 11.9. The van der Waals surface area contributed by atoms with Crippen LogP contribution in [0.5, 0.6) is 5.75 Å². The number of carbonyl (C=O) groups is 1. The Morgan fingerprint density at radius 3 is 2.53 bits per heavy atom. The highest BCUT2D eigenvalue weighted by Gasteiger charge is 2.12. The average Bonchev–Trinajstić information content (AvgIpc) is 2.22. The molecule has 15 heavy (non-hydrogen) atoms. The minimum atomic E-state index is -0.451. The van der Waals surface area contributed by atoms with Crippen molar-refractivity contribution in [3.05, 3.63) is 29.8 Å². The van der Waals surface area contributed by atoms with Crippen molar-refractivity contribution in [2.45, 2.75) is 26.9 Å². The number of carbonyl (C=O) groups excluding carboxylic acids is 1. The standard InChI is InChI=1S/C12H17NO2/c1-4-13-12(14)10(3)15-11-7-5-9(2)6-8-11/h5-8,10H,4H2,1-3H3,(H,13,14). The van der Waals surface area contributed by atoms with Crippen molar-refractivity contribution in [1.29, 1.82) is 0 Å². The molecule has 1 amide bonds. The summed E-state index contributed by atoms with van der Waals surface area (Å²) in [4.78, 5) is 11.4. The van der Waals surface area contributed by atoms with Gasteiger partial charge in [-0.15, -0.1) is 0 Å². The Morgan fingerprint density at radius 2 is 2.00 bits per heavy atom. The number of rotatable bonds is 4. The maximum atomic E-state index is 11.4. The molecule has 0 bridgehead atoms. The number of likely N-dealkylation sites (N-methyl/N-ethyl adjacent to an activating group) is 1. The van der Waals surface area contributed by atoms with E-state index in [9.17, 15) is 4.79 Å². The SMILES string of the molecule is CCNC(=O)C(C)Oc1ccc(C)cc1. The molecule has 0 fully saturated rings. The summed E-state index contributed by atoms with van der Waals surface area (Å²) < 4.78 is 5.47. The van der Waals surface area contributed by atoms with Crippen molar-refractivity contribution in [1.82, 2.24) is 5.32 Å². The van der Waals surface area contributed by atoms with E-state index < -0.39 is 6.10 Å². The second-order valence-corrected chi connectivity index (χ2v) is 3.47. The highest BCUT2D eigenvalue weighted by atomic mass is 16.5. The molecule has 1 rings (SSSR count). The first-order valence-corrected chi connectivity index (χ1v) is 5.14. The Labute approximate surface area is 90.4 Å². The third-order valence-corrected chi connectivity index (χ3v) is 2.05. The van der Waals surface area contributed by atoms with Crippen LogP contribution in [0.3, 0.4) is 0 Å². The number of hydrogen-bond donors (Lipinski definition) is 1. The van der Waals surface area contributed by atoms with Crippen LogP contribution < -0.4 is 10.1 Å². The largest absolute Gasteiger partial charge is 0.481 e. The van der Waals surface area contributed by atoms with Crippen molar-refractivity contribution in [2.24, 2.45) is 0 Å². The zero-order valence-corrected chi connectivity index (χ0v) is 9.41. The topological polar surface area (TPSA) is 38.3 Å². The molecule has 0 aliphatic heterocycles. The second-order valence-electron chi connectivity index (χ2n) is 3.47. The van der Waals surface area contributed by atoms with E-state index in [1.165, 1.54) is 5.56 Å². The molecule has 3 heteroatoms. The van der Waals surface area contributed by atoms with Crippen molar-refractivity contribution >= 4 is 5.91 Å². The molecule has 3 nitrogen and oxygen atoms in total. The monoisotopic (exact) mass is 207 g/mol. The fourth-order valence-corrected chi connectivity index (χ4v) is 1.19. The number of amides is 1. The molecule has 0 aliphatic rings. The summed E-state index contributed by atoms with van der Waals surface area (Å²) in [5, 5.41) is 2.71. The van der Waals surface area contributed by atoms with E-state index in [1.807, 2.05) is 38.1 Å². The van der Waals surface area contributed by atoms with Gasteiger partial charge in [0.05, 0.1) is 0 Å². The number of aryl methyl sites for hydroxylation is 1. The van der Waals surface area contributed by atoms with E-state index in [-0.39, 0.29) is 5.91 Å². The maximum Gasteiger partial charge on any atom is 0.260 e. The minimum Gasteiger partial charge on any atom is -0.481 e. The first-order chi connectivity index (χ1) is 7.13. The molecule has 0 saturated carbocycles. The van der Waals surface area contributed by atoms with E-state index in [0.717, 1.165) is 5.75 Å². The maximum absolute atomic E-state index is 11.4. The van der Waals surface area contributed by atoms with E-state index in [2.05, 4.69) is 5.32 Å². The Hall–Kier alpha value is -1.51. The van der Waals surface area contributed by atoms with Gasteiger partial charge in [0.15, 0.2) is 6.10 Å². The second kappa shape index (κ2) is 5.39. The van der Waals surface area contributed by atoms with E-state index >= 15 is 0 Å². The van der Waals surface area contributed by atoms with Gasteiger partial charge in [0, 0.05) is 6.54 Å². The predicted octanol–water partition coefficient (Wildman–Crippen LogP) is 1.90. The van der Waals surface area contributed by atoms with Crippen LogP contribution in [0.2, 0.25) is 0 Å². The lowest BCUT2D eigenvalue weighted by molar-refractivity contribution is -0.127. The highest BCUT2D eigenvalue weighted by molar-refractivity contribution is 5.80. The molecule has 0 aliphatic carbocycles. The summed E-state index contributed by atoms with van der Waals surface area (Å²) in [5.74, 6) is 0.637. The molecule has 1 N–H and O–H groups in total. The summed E-state index contributed by atoms with van der Waals surface area (Å²) in [5.41, 5.74) is 1.17. The molecule has 0 radical (unpaired) electrons. The number of hydrogen-bond acceptors (Lipinski definition) is 2. The van der Waals surface area contributed by atoms with E-state index in [0.29, 0.717) is 6.54 Å². The van der Waals surface area contributed by atoms with Gasteiger partial charge in [0.25, 0.3) is 5.91 Å². The van der Waals surface area contributed by atoms with Gasteiger partial charge in [0.1, 0.15) is 5.75 Å². The smallest absolute Gasteiger partial charge is 0.260 e. The van der Waals surface area contributed by atoms with Crippen LogP contribution in [0, 0.1) is 6.92 Å². The van der Waals surface area contributed by atoms with Gasteiger partial charge in [-0.05, 0) is 32.9 Å². The molecule has 1 unspecified atom stereocenters. The van der Waals surface area contributed by atoms with Crippen molar-refractivity contribution in [3.8, 4) is 5.75 Å². The van der Waals surface area contributed by atoms with Crippen LogP contribution >= 0.6 is 0 Å². The quantitative estimate of drug-likeness (QED) is 0.819. The molecular formula is C12H17NO2. The van der Waals surface area contributed by atoms with Crippen molar-refractivity contribution in [2.75, 3.05) is 6.54 Å². The summed E-state index contributed by atoms with van der Waals surface area (Å²) in [6.45, 7) is 6.26. The third kappa shape index (κ3) is 3.62. The molecule has 0 heterocycles. The van der Waals surface area contributed by atoms with E-state index in [1.54, 1.807) is 6.92 Å². The Morgan fingerprint density at radius 1 is 1.40 bits per heavy atom. The van der Waals surface area contributed by atoms with Crippen LogP contribution in [0.25, 0.3) is 0 Å². The Kier molecular flexibility index (Phi) is 4.16. The number of benzene rings is 1. The van der Waals surface area contributed by atoms with Gasteiger partial charge in [0.2, 0.25) is 0 Å². The average molecular weight is 207 g/mol. The van der Waals surface area contributed by atoms with Gasteiger partial charge in [-0.1, -0.05) is 17.7 Å². The Bertz CT molecular complexity index is 319. The predicted molar refractivity (Wildman–Crippen MR) is 60.0 cm³/mol. The third-order valence-electron chi connectivity index (χ3n) is 2.05. The van der Waals surface area contributed by atoms with E-state index in [4.69, 9.17) is 4.74 Å². The summed E-state index contributed by atoms with van der Waals surface area (Å²) in [6, 6.07) is 7.65.